The second-order valence-corrected chi connectivity index (χ2v) is 8.33. The number of hydrogen-bond donors (Lipinski definition) is 0. The molecule has 174 valence electrons. The molecule has 0 bridgehead atoms. The summed E-state index contributed by atoms with van der Waals surface area (Å²) < 4.78 is 59.3. The van der Waals surface area contributed by atoms with Crippen molar-refractivity contribution in [1.29, 1.82) is 0 Å². The van der Waals surface area contributed by atoms with E-state index in [0.29, 0.717) is 11.1 Å². The molecule has 0 radical (unpaired) electrons. The molecule has 1 fully saturated rings. The second-order valence-electron chi connectivity index (χ2n) is 8.33. The Kier molecular flexibility index (Phi) is 7.23. The normalized spacial score (nSPS) is 18.2. The fourth-order valence-corrected chi connectivity index (χ4v) is 4.38. The van der Waals surface area contributed by atoms with Crippen LogP contribution in [0.3, 0.4) is 0 Å². The minimum Gasteiger partial charge on any atom is -0.494 e. The summed E-state index contributed by atoms with van der Waals surface area (Å²) in [6.07, 6.45) is 3.45. The van der Waals surface area contributed by atoms with E-state index in [2.05, 4.69) is 0 Å². The van der Waals surface area contributed by atoms with Crippen molar-refractivity contribution in [2.75, 3.05) is 14.2 Å². The maximum atomic E-state index is 14.8. The van der Waals surface area contributed by atoms with E-state index in [1.165, 1.54) is 19.2 Å². The molecule has 0 aromatic heterocycles. The van der Waals surface area contributed by atoms with Crippen LogP contribution in [0.25, 0.3) is 11.1 Å². The predicted molar refractivity (Wildman–Crippen MR) is 121 cm³/mol. The Balaban J connectivity index is 1.41. The highest BCUT2D eigenvalue weighted by Crippen LogP contribution is 2.37. The van der Waals surface area contributed by atoms with Crippen LogP contribution in [0.5, 0.6) is 11.5 Å². The predicted octanol–water partition coefficient (Wildman–Crippen LogP) is 7.03. The number of halogens is 3. The van der Waals surface area contributed by atoms with Crippen LogP contribution in [0.4, 0.5) is 13.2 Å². The fourth-order valence-electron chi connectivity index (χ4n) is 4.38. The van der Waals surface area contributed by atoms with Gasteiger partial charge in [0.2, 0.25) is 5.82 Å². The van der Waals surface area contributed by atoms with Gasteiger partial charge in [0.05, 0.1) is 13.2 Å². The number of ether oxygens (including phenoxy) is 3. The van der Waals surface area contributed by atoms with E-state index in [0.717, 1.165) is 36.8 Å². The maximum absolute atomic E-state index is 14.8. The fraction of sp³-hybridized carbons (Fsp3) is 0.333. The van der Waals surface area contributed by atoms with Gasteiger partial charge in [0.1, 0.15) is 6.61 Å². The molecule has 1 aliphatic carbocycles. The average molecular weight is 457 g/mol. The molecule has 6 heteroatoms. The molecular formula is C27H27F3O3. The van der Waals surface area contributed by atoms with E-state index in [4.69, 9.17) is 14.2 Å². The SMILES string of the molecule is COc1ccc(-c2ccc(COc3ccc(C4CCC(OC)CC4)c(F)c3F)cc2)cc1F. The van der Waals surface area contributed by atoms with E-state index < -0.39 is 17.5 Å². The van der Waals surface area contributed by atoms with Crippen molar-refractivity contribution < 1.29 is 27.4 Å². The zero-order valence-electron chi connectivity index (χ0n) is 18.7. The van der Waals surface area contributed by atoms with Crippen molar-refractivity contribution in [3.8, 4) is 22.6 Å². The standard InChI is InChI=1S/C27H27F3O3/c1-31-21-10-7-19(8-11-21)22-12-14-25(27(30)26(22)29)33-16-17-3-5-18(6-4-17)20-9-13-24(32-2)23(28)15-20/h3-6,9,12-15,19,21H,7-8,10-11,16H2,1-2H3. The summed E-state index contributed by atoms with van der Waals surface area (Å²) in [5, 5.41) is 0. The molecule has 3 nitrogen and oxygen atoms in total. The molecule has 0 saturated heterocycles. The highest BCUT2D eigenvalue weighted by molar-refractivity contribution is 5.64. The maximum Gasteiger partial charge on any atom is 0.200 e. The third-order valence-electron chi connectivity index (χ3n) is 6.36. The van der Waals surface area contributed by atoms with Gasteiger partial charge in [-0.05, 0) is 72.1 Å². The first-order valence-electron chi connectivity index (χ1n) is 11.1. The van der Waals surface area contributed by atoms with Gasteiger partial charge in [-0.1, -0.05) is 36.4 Å². The summed E-state index contributed by atoms with van der Waals surface area (Å²) in [5.41, 5.74) is 2.73. The molecule has 0 amide bonds. The largest absolute Gasteiger partial charge is 0.494 e. The van der Waals surface area contributed by atoms with E-state index >= 15 is 0 Å². The van der Waals surface area contributed by atoms with E-state index in [-0.39, 0.29) is 30.1 Å². The molecule has 3 aromatic carbocycles. The molecule has 0 aliphatic heterocycles. The van der Waals surface area contributed by atoms with Gasteiger partial charge in [-0.15, -0.1) is 0 Å². The monoisotopic (exact) mass is 456 g/mol. The highest BCUT2D eigenvalue weighted by atomic mass is 19.2. The van der Waals surface area contributed by atoms with E-state index in [1.807, 2.05) is 24.3 Å². The van der Waals surface area contributed by atoms with E-state index in [9.17, 15) is 13.2 Å². The third-order valence-corrected chi connectivity index (χ3v) is 6.36. The van der Waals surface area contributed by atoms with Crippen molar-refractivity contribution in [2.24, 2.45) is 0 Å². The molecule has 0 unspecified atom stereocenters. The van der Waals surface area contributed by atoms with Crippen LogP contribution in [0.2, 0.25) is 0 Å². The van der Waals surface area contributed by atoms with Crippen molar-refractivity contribution in [1.82, 2.24) is 0 Å². The van der Waals surface area contributed by atoms with Gasteiger partial charge in [-0.2, -0.15) is 4.39 Å². The zero-order valence-corrected chi connectivity index (χ0v) is 18.7. The van der Waals surface area contributed by atoms with Gasteiger partial charge in [-0.25, -0.2) is 8.78 Å². The lowest BCUT2D eigenvalue weighted by Gasteiger charge is -2.28. The van der Waals surface area contributed by atoms with Crippen LogP contribution in [0.15, 0.2) is 54.6 Å². The van der Waals surface area contributed by atoms with Gasteiger partial charge in [0, 0.05) is 7.11 Å². The van der Waals surface area contributed by atoms with Crippen LogP contribution >= 0.6 is 0 Å². The Morgan fingerprint density at radius 3 is 2.06 bits per heavy atom. The van der Waals surface area contributed by atoms with Gasteiger partial charge in [0.25, 0.3) is 0 Å². The topological polar surface area (TPSA) is 27.7 Å². The van der Waals surface area contributed by atoms with Gasteiger partial charge < -0.3 is 14.2 Å². The Morgan fingerprint density at radius 1 is 0.758 bits per heavy atom. The Morgan fingerprint density at radius 2 is 1.42 bits per heavy atom. The van der Waals surface area contributed by atoms with Gasteiger partial charge in [-0.3, -0.25) is 0 Å². The Hall–Kier alpha value is -2.99. The van der Waals surface area contributed by atoms with Crippen LogP contribution in [0.1, 0.15) is 42.7 Å². The molecule has 4 rings (SSSR count). The molecular weight excluding hydrogens is 429 g/mol. The first-order valence-corrected chi connectivity index (χ1v) is 11.1. The smallest absolute Gasteiger partial charge is 0.200 e. The van der Waals surface area contributed by atoms with Crippen molar-refractivity contribution in [2.45, 2.75) is 44.3 Å². The summed E-state index contributed by atoms with van der Waals surface area (Å²) in [5.74, 6) is -2.14. The molecule has 33 heavy (non-hydrogen) atoms. The van der Waals surface area contributed by atoms with E-state index in [1.54, 1.807) is 25.3 Å². The Bertz CT molecular complexity index is 1090. The molecule has 0 N–H and O–H groups in total. The van der Waals surface area contributed by atoms with Crippen LogP contribution < -0.4 is 9.47 Å². The zero-order chi connectivity index (χ0) is 23.4. The minimum atomic E-state index is -0.952. The molecule has 1 saturated carbocycles. The lowest BCUT2D eigenvalue weighted by molar-refractivity contribution is 0.0654. The van der Waals surface area contributed by atoms with Crippen LogP contribution in [-0.4, -0.2) is 20.3 Å². The third kappa shape index (κ3) is 5.17. The number of benzene rings is 3. The van der Waals surface area contributed by atoms with Gasteiger partial charge >= 0.3 is 0 Å². The summed E-state index contributed by atoms with van der Waals surface area (Å²) in [6.45, 7) is 0.0892. The molecule has 1 aliphatic rings. The minimum absolute atomic E-state index is 0.00437. The second kappa shape index (κ2) is 10.3. The quantitative estimate of drug-likeness (QED) is 0.382. The van der Waals surface area contributed by atoms with Crippen LogP contribution in [0, 0.1) is 17.5 Å². The average Bonchev–Trinajstić information content (AvgIpc) is 2.85. The van der Waals surface area contributed by atoms with Crippen molar-refractivity contribution in [3.63, 3.8) is 0 Å². The number of rotatable bonds is 7. The molecule has 0 heterocycles. The lowest BCUT2D eigenvalue weighted by atomic mass is 9.82. The molecule has 3 aromatic rings. The number of methoxy groups -OCH3 is 2. The van der Waals surface area contributed by atoms with Crippen molar-refractivity contribution in [3.05, 3.63) is 83.2 Å². The Labute approximate surface area is 192 Å². The first-order chi connectivity index (χ1) is 16.0. The van der Waals surface area contributed by atoms with Crippen molar-refractivity contribution >= 4 is 0 Å². The highest BCUT2D eigenvalue weighted by Gasteiger charge is 2.26. The van der Waals surface area contributed by atoms with Gasteiger partial charge in [0.15, 0.2) is 23.1 Å². The first kappa shape index (κ1) is 23.2. The summed E-state index contributed by atoms with van der Waals surface area (Å²) in [7, 11) is 3.10. The lowest BCUT2D eigenvalue weighted by Crippen LogP contribution is -2.20. The summed E-state index contributed by atoms with van der Waals surface area (Å²) in [6, 6.07) is 15.2. The molecule has 0 atom stereocenters. The summed E-state index contributed by atoms with van der Waals surface area (Å²) >= 11 is 0. The van der Waals surface area contributed by atoms with Crippen LogP contribution in [-0.2, 0) is 11.3 Å². The molecule has 0 spiro atoms. The number of hydrogen-bond acceptors (Lipinski definition) is 3. The summed E-state index contributed by atoms with van der Waals surface area (Å²) in [4.78, 5) is 0.